The molecular formula is C21H20BrCl2NO5. The van der Waals surface area contributed by atoms with Gasteiger partial charge in [-0.1, -0.05) is 46.8 Å². The van der Waals surface area contributed by atoms with Crippen LogP contribution in [0.3, 0.4) is 0 Å². The number of ether oxygens (including phenoxy) is 2. The number of hydrogen-bond donors (Lipinski definition) is 1. The monoisotopic (exact) mass is 515 g/mol. The first-order chi connectivity index (χ1) is 14.2. The van der Waals surface area contributed by atoms with E-state index in [1.807, 2.05) is 0 Å². The minimum atomic E-state index is -1.71. The van der Waals surface area contributed by atoms with E-state index in [2.05, 4.69) is 22.5 Å². The zero-order valence-corrected chi connectivity index (χ0v) is 19.4. The van der Waals surface area contributed by atoms with Crippen molar-refractivity contribution < 1.29 is 24.2 Å². The molecule has 0 radical (unpaired) electrons. The van der Waals surface area contributed by atoms with Crippen molar-refractivity contribution in [3.05, 3.63) is 48.1 Å². The van der Waals surface area contributed by atoms with Gasteiger partial charge in [0.15, 0.2) is 21.2 Å². The summed E-state index contributed by atoms with van der Waals surface area (Å²) in [5.41, 5.74) is 1.32. The Morgan fingerprint density at radius 2 is 1.87 bits per heavy atom. The lowest BCUT2D eigenvalue weighted by atomic mass is 9.71. The van der Waals surface area contributed by atoms with Crippen molar-refractivity contribution in [2.45, 2.75) is 16.2 Å². The minimum Gasteiger partial charge on any atom is -0.502 e. The molecule has 1 fully saturated rings. The predicted molar refractivity (Wildman–Crippen MR) is 119 cm³/mol. The van der Waals surface area contributed by atoms with Gasteiger partial charge in [0, 0.05) is 5.92 Å². The standard InChI is InChI=1S/C21H20BrCl2NO5/c1-4-13-7-8-20(23)18(27)25(11-22)19(28)21(20,24)14(13)6-5-12-9-15(29-2)17(26)16(10-12)30-3/h4-7,9-10,14,26H,1,8,11H2,2-3H3/t14-,20+,21-/m0/s1. The number of phenolic OH excluding ortho intramolecular Hbond substituents is 1. The highest BCUT2D eigenvalue weighted by atomic mass is 79.9. The molecule has 2 amide bonds. The van der Waals surface area contributed by atoms with Gasteiger partial charge in [-0.25, -0.2) is 0 Å². The number of rotatable bonds is 6. The van der Waals surface area contributed by atoms with Crippen LogP contribution in [-0.4, -0.2) is 51.2 Å². The van der Waals surface area contributed by atoms with Crippen LogP contribution in [0.15, 0.2) is 42.5 Å². The molecule has 3 rings (SSSR count). The topological polar surface area (TPSA) is 76.1 Å². The largest absolute Gasteiger partial charge is 0.502 e. The van der Waals surface area contributed by atoms with E-state index in [9.17, 15) is 14.7 Å². The van der Waals surface area contributed by atoms with Crippen LogP contribution in [0.4, 0.5) is 0 Å². The normalized spacial score (nSPS) is 28.5. The molecule has 0 aromatic heterocycles. The highest BCUT2D eigenvalue weighted by molar-refractivity contribution is 9.09. The molecule has 1 heterocycles. The van der Waals surface area contributed by atoms with Gasteiger partial charge in [0.1, 0.15) is 0 Å². The third-order valence-corrected chi connectivity index (χ3v) is 7.39. The van der Waals surface area contributed by atoms with Crippen LogP contribution in [-0.2, 0) is 9.59 Å². The summed E-state index contributed by atoms with van der Waals surface area (Å²) in [6, 6.07) is 3.21. The summed E-state index contributed by atoms with van der Waals surface area (Å²) in [6.45, 7) is 3.81. The second-order valence-corrected chi connectivity index (χ2v) is 8.64. The third kappa shape index (κ3) is 3.15. The average Bonchev–Trinajstić information content (AvgIpc) is 2.89. The van der Waals surface area contributed by atoms with Gasteiger partial charge in [-0.3, -0.25) is 14.5 Å². The number of carbonyl (C=O) groups excluding carboxylic acids is 2. The Balaban J connectivity index is 2.11. The van der Waals surface area contributed by atoms with E-state index in [4.69, 9.17) is 32.7 Å². The summed E-state index contributed by atoms with van der Waals surface area (Å²) in [5.74, 6) is -1.49. The number of methoxy groups -OCH3 is 2. The molecule has 2 aliphatic rings. The van der Waals surface area contributed by atoms with Crippen LogP contribution < -0.4 is 9.47 Å². The van der Waals surface area contributed by atoms with Gasteiger partial charge in [0.2, 0.25) is 5.75 Å². The van der Waals surface area contributed by atoms with E-state index in [0.29, 0.717) is 11.1 Å². The number of hydrogen-bond acceptors (Lipinski definition) is 5. The Morgan fingerprint density at radius 3 is 2.37 bits per heavy atom. The Labute approximate surface area is 192 Å². The number of amides is 2. The summed E-state index contributed by atoms with van der Waals surface area (Å²) < 4.78 is 10.4. The number of allylic oxidation sites excluding steroid dienone is 4. The van der Waals surface area contributed by atoms with E-state index in [0.717, 1.165) is 4.90 Å². The number of carbonyl (C=O) groups is 2. The lowest BCUT2D eigenvalue weighted by Gasteiger charge is -2.40. The van der Waals surface area contributed by atoms with Crippen LogP contribution in [0.25, 0.3) is 6.08 Å². The fourth-order valence-corrected chi connectivity index (χ4v) is 5.13. The summed E-state index contributed by atoms with van der Waals surface area (Å²) in [6.07, 6.45) is 6.89. The number of aromatic hydroxyl groups is 1. The molecule has 1 aliphatic carbocycles. The van der Waals surface area contributed by atoms with Gasteiger partial charge in [0.25, 0.3) is 11.8 Å². The molecule has 3 atom stereocenters. The van der Waals surface area contributed by atoms with Crippen molar-refractivity contribution in [3.8, 4) is 17.2 Å². The average molecular weight is 517 g/mol. The number of likely N-dealkylation sites (tertiary alicyclic amines) is 1. The first-order valence-electron chi connectivity index (χ1n) is 8.95. The summed E-state index contributed by atoms with van der Waals surface area (Å²) >= 11 is 16.7. The van der Waals surface area contributed by atoms with Gasteiger partial charge in [-0.05, 0) is 29.7 Å². The second kappa shape index (κ2) is 8.29. The highest BCUT2D eigenvalue weighted by Gasteiger charge is 2.71. The second-order valence-electron chi connectivity index (χ2n) is 6.89. The van der Waals surface area contributed by atoms with E-state index in [-0.39, 0.29) is 29.1 Å². The maximum absolute atomic E-state index is 13.1. The first kappa shape index (κ1) is 22.7. The molecule has 1 saturated heterocycles. The minimum absolute atomic E-state index is 0.000175. The number of fused-ring (bicyclic) bond motifs is 1. The lowest BCUT2D eigenvalue weighted by molar-refractivity contribution is -0.138. The molecule has 160 valence electrons. The van der Waals surface area contributed by atoms with Crippen molar-refractivity contribution in [2.24, 2.45) is 5.92 Å². The fourth-order valence-electron chi connectivity index (χ4n) is 3.84. The maximum Gasteiger partial charge on any atom is 0.254 e. The predicted octanol–water partition coefficient (Wildman–Crippen LogP) is 4.23. The van der Waals surface area contributed by atoms with E-state index < -0.39 is 27.5 Å². The quantitative estimate of drug-likeness (QED) is 0.348. The van der Waals surface area contributed by atoms with Gasteiger partial charge < -0.3 is 14.6 Å². The zero-order valence-electron chi connectivity index (χ0n) is 16.3. The van der Waals surface area contributed by atoms with Crippen LogP contribution in [0.1, 0.15) is 12.0 Å². The number of alkyl halides is 3. The SMILES string of the molecule is C=CC1=CC[C@@]2(Cl)C(=O)N(CBr)C(=O)[C@@]2(Cl)[C@H]1C=Cc1cc(OC)c(O)c(OC)c1. The molecule has 9 heteroatoms. The van der Waals surface area contributed by atoms with Crippen LogP contribution in [0.5, 0.6) is 17.2 Å². The summed E-state index contributed by atoms with van der Waals surface area (Å²) in [4.78, 5) is 23.7. The smallest absolute Gasteiger partial charge is 0.254 e. The Kier molecular flexibility index (Phi) is 6.28. The van der Waals surface area contributed by atoms with Crippen LogP contribution >= 0.6 is 39.1 Å². The number of imide groups is 1. The molecule has 6 nitrogen and oxygen atoms in total. The molecule has 1 N–H and O–H groups in total. The lowest BCUT2D eigenvalue weighted by Crippen LogP contribution is -2.55. The number of nitrogens with zero attached hydrogens (tertiary/aromatic N) is 1. The number of halogens is 3. The third-order valence-electron chi connectivity index (χ3n) is 5.46. The highest BCUT2D eigenvalue weighted by Crippen LogP contribution is 2.56. The molecular weight excluding hydrogens is 497 g/mol. The first-order valence-corrected chi connectivity index (χ1v) is 10.8. The Morgan fingerprint density at radius 1 is 1.27 bits per heavy atom. The molecule has 0 saturated carbocycles. The van der Waals surface area contributed by atoms with Crippen molar-refractivity contribution in [1.82, 2.24) is 4.90 Å². The zero-order chi connectivity index (χ0) is 22.3. The number of benzene rings is 1. The fraction of sp³-hybridized carbons (Fsp3) is 0.333. The summed E-state index contributed by atoms with van der Waals surface area (Å²) in [7, 11) is 2.85. The van der Waals surface area contributed by atoms with Gasteiger partial charge in [-0.2, -0.15) is 0 Å². The van der Waals surface area contributed by atoms with Crippen molar-refractivity contribution in [1.29, 1.82) is 0 Å². The van der Waals surface area contributed by atoms with Crippen LogP contribution in [0.2, 0.25) is 0 Å². The molecule has 1 aromatic carbocycles. The molecule has 0 bridgehead atoms. The van der Waals surface area contributed by atoms with Gasteiger partial charge >= 0.3 is 0 Å². The summed E-state index contributed by atoms with van der Waals surface area (Å²) in [5, 5.41) is 10.1. The van der Waals surface area contributed by atoms with E-state index >= 15 is 0 Å². The molecule has 0 spiro atoms. The number of phenols is 1. The molecule has 1 aliphatic heterocycles. The Hall–Kier alpha value is -1.96. The van der Waals surface area contributed by atoms with Crippen molar-refractivity contribution in [2.75, 3.05) is 19.7 Å². The van der Waals surface area contributed by atoms with E-state index in [1.165, 1.54) is 14.2 Å². The van der Waals surface area contributed by atoms with Crippen molar-refractivity contribution in [3.63, 3.8) is 0 Å². The molecule has 30 heavy (non-hydrogen) atoms. The molecule has 0 unspecified atom stereocenters. The Bertz CT molecular complexity index is 953. The van der Waals surface area contributed by atoms with Crippen LogP contribution in [0, 0.1) is 5.92 Å². The maximum atomic E-state index is 13.1. The molecule has 1 aromatic rings. The van der Waals surface area contributed by atoms with Gasteiger partial charge in [-0.15, -0.1) is 23.2 Å². The van der Waals surface area contributed by atoms with Gasteiger partial charge in [0.05, 0.1) is 19.7 Å². The van der Waals surface area contributed by atoms with E-state index in [1.54, 1.807) is 36.4 Å². The van der Waals surface area contributed by atoms with Crippen molar-refractivity contribution >= 4 is 57.0 Å².